The molecule has 0 aliphatic carbocycles. The number of hydrogen-bond donors (Lipinski definition) is 1. The van der Waals surface area contributed by atoms with Crippen molar-refractivity contribution in [3.05, 3.63) is 82.0 Å². The van der Waals surface area contributed by atoms with Gasteiger partial charge in [0, 0.05) is 44.1 Å². The largest absolute Gasteiger partial charge is 0.497 e. The van der Waals surface area contributed by atoms with Crippen LogP contribution in [0, 0.1) is 12.7 Å². The highest BCUT2D eigenvalue weighted by molar-refractivity contribution is 5.89. The quantitative estimate of drug-likeness (QED) is 0.349. The maximum absolute atomic E-state index is 15.1. The van der Waals surface area contributed by atoms with Gasteiger partial charge in [0.1, 0.15) is 23.1 Å². The number of nitrogens with zero attached hydrogens (tertiary/aromatic N) is 3. The number of benzene rings is 2. The summed E-state index contributed by atoms with van der Waals surface area (Å²) in [6.45, 7) is 8.27. The summed E-state index contributed by atoms with van der Waals surface area (Å²) in [4.78, 5) is 26.5. The topological polar surface area (TPSA) is 70.7 Å². The Morgan fingerprint density at radius 1 is 1.03 bits per heavy atom. The third-order valence-corrected chi connectivity index (χ3v) is 6.94. The van der Waals surface area contributed by atoms with E-state index in [1.54, 1.807) is 13.2 Å². The fraction of sp³-hybridized carbons (Fsp3) is 0.333. The summed E-state index contributed by atoms with van der Waals surface area (Å²) in [5.41, 5.74) is 2.97. The Bertz CT molecular complexity index is 1480. The van der Waals surface area contributed by atoms with Crippen molar-refractivity contribution >= 4 is 16.7 Å². The second-order valence-electron chi connectivity index (χ2n) is 9.58. The molecule has 1 saturated heterocycles. The minimum atomic E-state index is -0.564. The molecule has 1 aliphatic heterocycles. The van der Waals surface area contributed by atoms with Crippen molar-refractivity contribution in [3.8, 4) is 22.6 Å². The van der Waals surface area contributed by atoms with Crippen LogP contribution in [0.25, 0.3) is 22.0 Å². The van der Waals surface area contributed by atoms with E-state index in [2.05, 4.69) is 19.8 Å². The third kappa shape index (κ3) is 5.22. The Morgan fingerprint density at radius 2 is 1.79 bits per heavy atom. The number of rotatable bonds is 8. The molecule has 0 bridgehead atoms. The van der Waals surface area contributed by atoms with Gasteiger partial charge in [0.15, 0.2) is 0 Å². The number of methoxy groups -OCH3 is 1. The highest BCUT2D eigenvalue weighted by Crippen LogP contribution is 2.31. The summed E-state index contributed by atoms with van der Waals surface area (Å²) in [5.74, 6) is 1.59. The van der Waals surface area contributed by atoms with Crippen LogP contribution < -0.4 is 19.8 Å². The molecule has 7 nitrogen and oxygen atoms in total. The van der Waals surface area contributed by atoms with Crippen molar-refractivity contribution in [2.24, 2.45) is 0 Å². The highest BCUT2D eigenvalue weighted by atomic mass is 19.1. The van der Waals surface area contributed by atoms with Gasteiger partial charge in [-0.05, 0) is 55.3 Å². The second kappa shape index (κ2) is 11.2. The van der Waals surface area contributed by atoms with E-state index in [9.17, 15) is 4.79 Å². The zero-order valence-electron chi connectivity index (χ0n) is 22.1. The Hall–Kier alpha value is -3.91. The molecule has 0 atom stereocenters. The van der Waals surface area contributed by atoms with Crippen molar-refractivity contribution in [1.29, 1.82) is 0 Å². The van der Waals surface area contributed by atoms with E-state index in [1.807, 2.05) is 56.3 Å². The Kier molecular flexibility index (Phi) is 7.60. The van der Waals surface area contributed by atoms with E-state index in [0.717, 1.165) is 49.8 Å². The predicted molar refractivity (Wildman–Crippen MR) is 149 cm³/mol. The van der Waals surface area contributed by atoms with E-state index in [1.165, 1.54) is 6.07 Å². The lowest BCUT2D eigenvalue weighted by atomic mass is 9.99. The number of aromatic nitrogens is 2. The molecule has 0 unspecified atom stereocenters. The molecule has 2 aromatic heterocycles. The molecule has 38 heavy (non-hydrogen) atoms. The molecule has 1 fully saturated rings. The van der Waals surface area contributed by atoms with Crippen LogP contribution in [-0.4, -0.2) is 54.8 Å². The Balaban J connectivity index is 1.52. The van der Waals surface area contributed by atoms with Crippen LogP contribution in [-0.2, 0) is 6.54 Å². The molecule has 8 heteroatoms. The van der Waals surface area contributed by atoms with Crippen molar-refractivity contribution < 1.29 is 13.9 Å². The van der Waals surface area contributed by atoms with Crippen molar-refractivity contribution in [1.82, 2.24) is 14.9 Å². The summed E-state index contributed by atoms with van der Waals surface area (Å²) >= 11 is 0. The number of aryl methyl sites for hydroxylation is 1. The van der Waals surface area contributed by atoms with Crippen LogP contribution in [0.4, 0.5) is 10.2 Å². The van der Waals surface area contributed by atoms with E-state index in [4.69, 9.17) is 9.47 Å². The van der Waals surface area contributed by atoms with E-state index >= 15 is 4.39 Å². The van der Waals surface area contributed by atoms with Crippen LogP contribution in [0.2, 0.25) is 0 Å². The molecule has 2 aromatic carbocycles. The monoisotopic (exact) mass is 516 g/mol. The van der Waals surface area contributed by atoms with Crippen molar-refractivity contribution in [3.63, 3.8) is 0 Å². The molecule has 4 aromatic rings. The van der Waals surface area contributed by atoms with Crippen molar-refractivity contribution in [2.45, 2.75) is 26.8 Å². The Labute approximate surface area is 221 Å². The van der Waals surface area contributed by atoms with Gasteiger partial charge in [-0.1, -0.05) is 25.1 Å². The third-order valence-electron chi connectivity index (χ3n) is 6.94. The van der Waals surface area contributed by atoms with Gasteiger partial charge in [-0.25, -0.2) is 9.37 Å². The van der Waals surface area contributed by atoms with Gasteiger partial charge < -0.3 is 19.4 Å². The maximum atomic E-state index is 15.1. The molecule has 0 saturated carbocycles. The SMILES string of the molecule is CCCOc1ccc(F)c2c(=O)c(-c3ccc(OC)cc3)c(CN3CCN(c4cccc(C)n4)CC3)[nH]c12. The molecule has 0 spiro atoms. The zero-order valence-corrected chi connectivity index (χ0v) is 22.1. The number of H-pyrrole nitrogens is 1. The number of anilines is 1. The number of halogens is 1. The molecule has 1 N–H and O–H groups in total. The first-order valence-electron chi connectivity index (χ1n) is 13.0. The van der Waals surface area contributed by atoms with Gasteiger partial charge in [0.05, 0.1) is 30.2 Å². The molecule has 1 aliphatic rings. The van der Waals surface area contributed by atoms with Crippen LogP contribution in [0.1, 0.15) is 24.7 Å². The molecule has 5 rings (SSSR count). The molecule has 0 radical (unpaired) electrons. The summed E-state index contributed by atoms with van der Waals surface area (Å²) in [7, 11) is 1.60. The number of nitrogens with one attached hydrogen (secondary N) is 1. The van der Waals surface area contributed by atoms with E-state index in [0.29, 0.717) is 41.3 Å². The lowest BCUT2D eigenvalue weighted by molar-refractivity contribution is 0.247. The number of fused-ring (bicyclic) bond motifs is 1. The summed E-state index contributed by atoms with van der Waals surface area (Å²) in [6.07, 6.45) is 0.806. The van der Waals surface area contributed by atoms with Gasteiger partial charge >= 0.3 is 0 Å². The number of ether oxygens (including phenoxy) is 2. The number of aromatic amines is 1. The van der Waals surface area contributed by atoms with E-state index < -0.39 is 5.82 Å². The second-order valence-corrected chi connectivity index (χ2v) is 9.58. The number of pyridine rings is 2. The minimum Gasteiger partial charge on any atom is -0.497 e. The molecule has 0 amide bonds. The molecule has 3 heterocycles. The maximum Gasteiger partial charge on any atom is 0.200 e. The molecular formula is C30H33FN4O3. The lowest BCUT2D eigenvalue weighted by Gasteiger charge is -2.35. The van der Waals surface area contributed by atoms with Crippen LogP contribution in [0.15, 0.2) is 59.4 Å². The standard InChI is InChI=1S/C30H33FN4O3/c1-4-18-38-25-13-12-23(31)28-29(25)33-24(27(30(28)36)21-8-10-22(37-3)11-9-21)19-34-14-16-35(17-15-34)26-7-5-6-20(2)32-26/h5-13H,4,14-19H2,1-3H3,(H,33,36). The minimum absolute atomic E-state index is 0.0171. The van der Waals surface area contributed by atoms with Crippen LogP contribution in [0.3, 0.4) is 0 Å². The molecular weight excluding hydrogens is 483 g/mol. The summed E-state index contributed by atoms with van der Waals surface area (Å²) in [6, 6.07) is 16.3. The highest BCUT2D eigenvalue weighted by Gasteiger charge is 2.23. The molecule has 198 valence electrons. The average Bonchev–Trinajstić information content (AvgIpc) is 2.93. The lowest BCUT2D eigenvalue weighted by Crippen LogP contribution is -2.46. The van der Waals surface area contributed by atoms with Crippen LogP contribution >= 0.6 is 0 Å². The van der Waals surface area contributed by atoms with Gasteiger partial charge in [0.2, 0.25) is 5.43 Å². The van der Waals surface area contributed by atoms with Gasteiger partial charge in [-0.2, -0.15) is 0 Å². The first kappa shape index (κ1) is 25.7. The average molecular weight is 517 g/mol. The van der Waals surface area contributed by atoms with Gasteiger partial charge in [-0.3, -0.25) is 9.69 Å². The normalized spacial score (nSPS) is 14.2. The van der Waals surface area contributed by atoms with Gasteiger partial charge in [-0.15, -0.1) is 0 Å². The predicted octanol–water partition coefficient (Wildman–Crippen LogP) is 5.16. The first-order valence-corrected chi connectivity index (χ1v) is 13.0. The van der Waals surface area contributed by atoms with Crippen LogP contribution in [0.5, 0.6) is 11.5 Å². The van der Waals surface area contributed by atoms with Gasteiger partial charge in [0.25, 0.3) is 0 Å². The zero-order chi connectivity index (χ0) is 26.6. The van der Waals surface area contributed by atoms with E-state index in [-0.39, 0.29) is 10.8 Å². The summed E-state index contributed by atoms with van der Waals surface area (Å²) in [5, 5.41) is 0.0171. The smallest absolute Gasteiger partial charge is 0.200 e. The fourth-order valence-electron chi connectivity index (χ4n) is 4.96. The number of hydrogen-bond acceptors (Lipinski definition) is 6. The summed E-state index contributed by atoms with van der Waals surface area (Å²) < 4.78 is 26.3. The fourth-order valence-corrected chi connectivity index (χ4v) is 4.96. The first-order chi connectivity index (χ1) is 18.5. The number of piperazine rings is 1. The van der Waals surface area contributed by atoms with Crippen molar-refractivity contribution in [2.75, 3.05) is 44.8 Å². The Morgan fingerprint density at radius 3 is 2.47 bits per heavy atom.